The van der Waals surface area contributed by atoms with Crippen molar-refractivity contribution in [3.8, 4) is 5.75 Å². The molecule has 0 amide bonds. The molecule has 2 N–H and O–H groups in total. The molecule has 130 valence electrons. The van der Waals surface area contributed by atoms with E-state index < -0.39 is 42.4 Å². The highest BCUT2D eigenvalue weighted by atomic mass is 16.6. The van der Waals surface area contributed by atoms with Crippen LogP contribution in [0, 0.1) is 5.92 Å². The van der Waals surface area contributed by atoms with Gasteiger partial charge in [0, 0.05) is 12.8 Å². The molecule has 3 heterocycles. The van der Waals surface area contributed by atoms with E-state index in [1.807, 2.05) is 0 Å². The Labute approximate surface area is 142 Å². The van der Waals surface area contributed by atoms with E-state index in [4.69, 9.17) is 9.47 Å². The molecule has 1 saturated carbocycles. The third-order valence-electron chi connectivity index (χ3n) is 4.85. The van der Waals surface area contributed by atoms with Gasteiger partial charge in [-0.3, -0.25) is 14.4 Å². The van der Waals surface area contributed by atoms with Gasteiger partial charge in [0.25, 0.3) is 0 Å². The van der Waals surface area contributed by atoms with Crippen molar-refractivity contribution in [1.29, 1.82) is 0 Å². The van der Waals surface area contributed by atoms with Crippen LogP contribution in [0.4, 0.5) is 0 Å². The molecule has 1 aromatic rings. The van der Waals surface area contributed by atoms with E-state index in [-0.39, 0.29) is 35.7 Å². The SMILES string of the molecule is O=C1CC(=O)C2=C(c3ccc(O)cc3)C(=O)C3C(CC(O)CC3O2)O1. The van der Waals surface area contributed by atoms with Crippen LogP contribution in [0.5, 0.6) is 5.75 Å². The molecule has 0 radical (unpaired) electrons. The summed E-state index contributed by atoms with van der Waals surface area (Å²) in [4.78, 5) is 37.6. The van der Waals surface area contributed by atoms with Gasteiger partial charge in [0.1, 0.15) is 24.4 Å². The number of aromatic hydroxyl groups is 1. The van der Waals surface area contributed by atoms with Crippen molar-refractivity contribution in [2.45, 2.75) is 37.6 Å². The molecule has 1 aliphatic carbocycles. The Morgan fingerprint density at radius 3 is 2.28 bits per heavy atom. The first-order valence-corrected chi connectivity index (χ1v) is 8.09. The molecule has 3 aliphatic heterocycles. The highest BCUT2D eigenvalue weighted by molar-refractivity contribution is 6.29. The normalized spacial score (nSPS) is 31.8. The van der Waals surface area contributed by atoms with E-state index >= 15 is 0 Å². The number of phenolic OH excluding ortho intramolecular Hbond substituents is 1. The molecule has 0 spiro atoms. The van der Waals surface area contributed by atoms with Gasteiger partial charge in [-0.2, -0.15) is 0 Å². The zero-order valence-corrected chi connectivity index (χ0v) is 13.2. The number of aliphatic hydroxyl groups is 1. The van der Waals surface area contributed by atoms with Crippen LogP contribution in [0.3, 0.4) is 0 Å². The lowest BCUT2D eigenvalue weighted by molar-refractivity contribution is -0.163. The molecule has 25 heavy (non-hydrogen) atoms. The zero-order chi connectivity index (χ0) is 17.7. The first-order chi connectivity index (χ1) is 11.9. The fraction of sp³-hybridized carbons (Fsp3) is 0.389. The van der Waals surface area contributed by atoms with E-state index in [9.17, 15) is 24.6 Å². The van der Waals surface area contributed by atoms with Gasteiger partial charge in [-0.05, 0) is 17.7 Å². The van der Waals surface area contributed by atoms with Crippen molar-refractivity contribution in [1.82, 2.24) is 0 Å². The number of rotatable bonds is 1. The molecular formula is C18H16O7. The van der Waals surface area contributed by atoms with Crippen molar-refractivity contribution in [2.24, 2.45) is 5.92 Å². The smallest absolute Gasteiger partial charge is 0.314 e. The fourth-order valence-corrected chi connectivity index (χ4v) is 3.76. The van der Waals surface area contributed by atoms with Crippen molar-refractivity contribution >= 4 is 23.1 Å². The lowest BCUT2D eigenvalue weighted by atomic mass is 9.75. The summed E-state index contributed by atoms with van der Waals surface area (Å²) in [5.41, 5.74) is 0.537. The van der Waals surface area contributed by atoms with Gasteiger partial charge in [-0.25, -0.2) is 0 Å². The summed E-state index contributed by atoms with van der Waals surface area (Å²) in [6.07, 6.45) is -2.48. The highest BCUT2D eigenvalue weighted by Gasteiger charge is 2.51. The van der Waals surface area contributed by atoms with E-state index in [0.717, 1.165) is 0 Å². The summed E-state index contributed by atoms with van der Waals surface area (Å²) >= 11 is 0. The molecule has 7 nitrogen and oxygen atoms in total. The number of hydrogen-bond donors (Lipinski definition) is 2. The molecule has 4 bridgehead atoms. The Balaban J connectivity index is 1.89. The number of phenols is 1. The van der Waals surface area contributed by atoms with Crippen LogP contribution in [0.2, 0.25) is 0 Å². The van der Waals surface area contributed by atoms with Crippen molar-refractivity contribution in [2.75, 3.05) is 0 Å². The van der Waals surface area contributed by atoms with Gasteiger partial charge in [0.05, 0.1) is 17.6 Å². The monoisotopic (exact) mass is 344 g/mol. The van der Waals surface area contributed by atoms with Gasteiger partial charge in [0.15, 0.2) is 11.5 Å². The summed E-state index contributed by atoms with van der Waals surface area (Å²) in [6, 6.07) is 5.86. The van der Waals surface area contributed by atoms with Crippen molar-refractivity contribution < 1.29 is 34.1 Å². The predicted molar refractivity (Wildman–Crippen MR) is 83.1 cm³/mol. The third kappa shape index (κ3) is 2.60. The standard InChI is InChI=1S/C18H16O7/c19-9-3-1-8(2-4-9)15-17(23)16-12-5-10(20)6-13(16)25-18(15)11(21)7-14(22)24-12/h1-4,10,12-13,16,19-20H,5-7H2. The molecule has 4 aliphatic rings. The number of carbonyl (C=O) groups is 3. The second kappa shape index (κ2) is 5.70. The van der Waals surface area contributed by atoms with Gasteiger partial charge in [-0.1, -0.05) is 12.1 Å². The Hall–Kier alpha value is -2.67. The molecule has 1 saturated heterocycles. The molecule has 4 unspecified atom stereocenters. The van der Waals surface area contributed by atoms with E-state index in [1.54, 1.807) is 0 Å². The highest BCUT2D eigenvalue weighted by Crippen LogP contribution is 2.42. The van der Waals surface area contributed by atoms with Gasteiger partial charge >= 0.3 is 5.97 Å². The number of esters is 1. The van der Waals surface area contributed by atoms with Crippen LogP contribution in [0.1, 0.15) is 24.8 Å². The second-order valence-electron chi connectivity index (χ2n) is 6.55. The quantitative estimate of drug-likeness (QED) is 0.571. The maximum Gasteiger partial charge on any atom is 0.314 e. The van der Waals surface area contributed by atoms with E-state index in [0.29, 0.717) is 5.56 Å². The second-order valence-corrected chi connectivity index (χ2v) is 6.55. The van der Waals surface area contributed by atoms with E-state index in [1.165, 1.54) is 24.3 Å². The van der Waals surface area contributed by atoms with Crippen LogP contribution >= 0.6 is 0 Å². The number of benzene rings is 1. The molecule has 4 atom stereocenters. The number of aliphatic hydroxyl groups excluding tert-OH is 1. The van der Waals surface area contributed by atoms with Crippen LogP contribution in [-0.4, -0.2) is 46.1 Å². The summed E-state index contributed by atoms with van der Waals surface area (Å²) < 4.78 is 11.1. The molecule has 2 fully saturated rings. The van der Waals surface area contributed by atoms with Gasteiger partial charge in [-0.15, -0.1) is 0 Å². The van der Waals surface area contributed by atoms with Crippen molar-refractivity contribution in [3.63, 3.8) is 0 Å². The van der Waals surface area contributed by atoms with Crippen LogP contribution in [0.25, 0.3) is 5.57 Å². The molecular weight excluding hydrogens is 328 g/mol. The van der Waals surface area contributed by atoms with Gasteiger partial charge < -0.3 is 19.7 Å². The Morgan fingerprint density at radius 2 is 1.60 bits per heavy atom. The number of carbonyl (C=O) groups excluding carboxylic acids is 3. The average molecular weight is 344 g/mol. The zero-order valence-electron chi connectivity index (χ0n) is 13.2. The molecule has 1 aromatic carbocycles. The molecule has 7 heteroatoms. The number of allylic oxidation sites excluding steroid dienone is 2. The largest absolute Gasteiger partial charge is 0.508 e. The minimum Gasteiger partial charge on any atom is -0.508 e. The minimum absolute atomic E-state index is 0.0285. The number of hydrogen-bond acceptors (Lipinski definition) is 7. The predicted octanol–water partition coefficient (Wildman–Crippen LogP) is 0.727. The lowest BCUT2D eigenvalue weighted by Crippen LogP contribution is -2.50. The Morgan fingerprint density at radius 1 is 0.960 bits per heavy atom. The summed E-state index contributed by atoms with van der Waals surface area (Å²) in [7, 11) is 0. The lowest BCUT2D eigenvalue weighted by Gasteiger charge is -2.41. The van der Waals surface area contributed by atoms with Crippen LogP contribution in [0.15, 0.2) is 30.0 Å². The Kier molecular flexibility index (Phi) is 3.61. The summed E-state index contributed by atoms with van der Waals surface area (Å²) in [6.45, 7) is 0. The maximum atomic E-state index is 13.1. The molecule has 0 aromatic heterocycles. The fourth-order valence-electron chi connectivity index (χ4n) is 3.76. The van der Waals surface area contributed by atoms with Crippen LogP contribution < -0.4 is 0 Å². The van der Waals surface area contributed by atoms with E-state index in [2.05, 4.69) is 0 Å². The topological polar surface area (TPSA) is 110 Å². The summed E-state index contributed by atoms with van der Waals surface area (Å²) in [5, 5.41) is 19.4. The number of ketones is 2. The first-order valence-electron chi connectivity index (χ1n) is 8.09. The van der Waals surface area contributed by atoms with Crippen LogP contribution in [-0.2, 0) is 23.9 Å². The maximum absolute atomic E-state index is 13.1. The number of ether oxygens (including phenoxy) is 2. The first kappa shape index (κ1) is 15.8. The minimum atomic E-state index is -0.826. The molecule has 5 rings (SSSR count). The summed E-state index contributed by atoms with van der Waals surface area (Å²) in [5.74, 6) is -2.58. The Bertz CT molecular complexity index is 792. The number of fused-ring (bicyclic) bond motifs is 4. The van der Waals surface area contributed by atoms with Gasteiger partial charge in [0.2, 0.25) is 5.78 Å². The average Bonchev–Trinajstić information content (AvgIpc) is 2.59. The third-order valence-corrected chi connectivity index (χ3v) is 4.85. The van der Waals surface area contributed by atoms with Crippen molar-refractivity contribution in [3.05, 3.63) is 35.6 Å². The number of Topliss-reactive ketones (excluding diaryl/α,β-unsaturated/α-hetero) is 2.